The Balaban J connectivity index is 1.78. The van der Waals surface area contributed by atoms with Crippen LogP contribution in [0.4, 0.5) is 0 Å². The third kappa shape index (κ3) is 2.88. The molecule has 0 fully saturated rings. The van der Waals surface area contributed by atoms with E-state index < -0.39 is 0 Å². The standard InChI is InChI=1S/C18H16O2S/c1-12-6-3-4-9-17(12)21-11-15(19)16-10-14-8-5-7-13(2)18(14)20-16/h3-10H,11H2,1-2H3. The summed E-state index contributed by atoms with van der Waals surface area (Å²) in [5.74, 6) is 0.864. The van der Waals surface area contributed by atoms with Crippen molar-refractivity contribution in [1.29, 1.82) is 0 Å². The molecule has 0 amide bonds. The summed E-state index contributed by atoms with van der Waals surface area (Å²) in [4.78, 5) is 13.4. The lowest BCUT2D eigenvalue weighted by molar-refractivity contribution is 0.0994. The largest absolute Gasteiger partial charge is 0.453 e. The summed E-state index contributed by atoms with van der Waals surface area (Å²) >= 11 is 1.55. The Kier molecular flexibility index (Phi) is 3.84. The topological polar surface area (TPSA) is 30.2 Å². The first-order valence-corrected chi connectivity index (χ1v) is 7.84. The maximum atomic E-state index is 12.3. The molecule has 1 aromatic heterocycles. The summed E-state index contributed by atoms with van der Waals surface area (Å²) in [6, 6.07) is 15.9. The van der Waals surface area contributed by atoms with Gasteiger partial charge in [-0.15, -0.1) is 11.8 Å². The predicted octanol–water partition coefficient (Wildman–Crippen LogP) is 5.02. The van der Waals surface area contributed by atoms with Crippen LogP contribution in [0.15, 0.2) is 57.8 Å². The van der Waals surface area contributed by atoms with Crippen molar-refractivity contribution in [2.75, 3.05) is 5.75 Å². The minimum Gasteiger partial charge on any atom is -0.453 e. The molecule has 0 atom stereocenters. The van der Waals surface area contributed by atoms with Gasteiger partial charge in [0, 0.05) is 10.3 Å². The van der Waals surface area contributed by atoms with Crippen LogP contribution < -0.4 is 0 Å². The molecule has 0 aliphatic carbocycles. The van der Waals surface area contributed by atoms with Gasteiger partial charge in [-0.05, 0) is 37.1 Å². The van der Waals surface area contributed by atoms with Crippen LogP contribution in [0.25, 0.3) is 11.0 Å². The van der Waals surface area contributed by atoms with Crippen LogP contribution in [-0.2, 0) is 0 Å². The minimum absolute atomic E-state index is 0.0267. The number of ketones is 1. The first-order chi connectivity index (χ1) is 10.1. The summed E-state index contributed by atoms with van der Waals surface area (Å²) in [6.45, 7) is 4.04. The normalized spacial score (nSPS) is 11.0. The SMILES string of the molecule is Cc1ccccc1SCC(=O)c1cc2cccc(C)c2o1. The number of fused-ring (bicyclic) bond motifs is 1. The van der Waals surface area contributed by atoms with Crippen LogP contribution in [-0.4, -0.2) is 11.5 Å². The van der Waals surface area contributed by atoms with Crippen molar-refractivity contribution < 1.29 is 9.21 Å². The number of rotatable bonds is 4. The van der Waals surface area contributed by atoms with Gasteiger partial charge in [-0.25, -0.2) is 0 Å². The number of carbonyl (C=O) groups is 1. The molecule has 0 unspecified atom stereocenters. The van der Waals surface area contributed by atoms with Crippen LogP contribution in [0.5, 0.6) is 0 Å². The van der Waals surface area contributed by atoms with Gasteiger partial charge >= 0.3 is 0 Å². The van der Waals surface area contributed by atoms with E-state index in [1.807, 2.05) is 49.4 Å². The molecular formula is C18H16O2S. The van der Waals surface area contributed by atoms with E-state index in [1.54, 1.807) is 11.8 Å². The Morgan fingerprint density at radius 3 is 2.57 bits per heavy atom. The molecule has 0 N–H and O–H groups in total. The van der Waals surface area contributed by atoms with Crippen molar-refractivity contribution in [3.05, 3.63) is 65.4 Å². The van der Waals surface area contributed by atoms with E-state index in [1.165, 1.54) is 5.56 Å². The monoisotopic (exact) mass is 296 g/mol. The molecule has 0 radical (unpaired) electrons. The molecule has 2 aromatic carbocycles. The number of aryl methyl sites for hydroxylation is 2. The van der Waals surface area contributed by atoms with E-state index in [0.717, 1.165) is 21.4 Å². The van der Waals surface area contributed by atoms with E-state index >= 15 is 0 Å². The second-order valence-electron chi connectivity index (χ2n) is 5.08. The lowest BCUT2D eigenvalue weighted by Crippen LogP contribution is -2.00. The van der Waals surface area contributed by atoms with Gasteiger partial charge in [0.15, 0.2) is 5.76 Å². The summed E-state index contributed by atoms with van der Waals surface area (Å²) < 4.78 is 5.72. The minimum atomic E-state index is 0.0267. The summed E-state index contributed by atoms with van der Waals surface area (Å²) in [5, 5.41) is 0.985. The third-order valence-corrected chi connectivity index (χ3v) is 4.64. The number of Topliss-reactive ketones (excluding diaryl/α,β-unsaturated/α-hetero) is 1. The molecule has 0 spiro atoms. The average molecular weight is 296 g/mol. The van der Waals surface area contributed by atoms with Crippen LogP contribution in [0.3, 0.4) is 0 Å². The molecule has 106 valence electrons. The summed E-state index contributed by atoms with van der Waals surface area (Å²) in [7, 11) is 0. The molecule has 2 nitrogen and oxygen atoms in total. The van der Waals surface area contributed by atoms with Gasteiger partial charge in [-0.2, -0.15) is 0 Å². The number of hydrogen-bond acceptors (Lipinski definition) is 3. The number of benzene rings is 2. The maximum Gasteiger partial charge on any atom is 0.208 e. The molecule has 3 rings (SSSR count). The lowest BCUT2D eigenvalue weighted by atomic mass is 10.2. The summed E-state index contributed by atoms with van der Waals surface area (Å²) in [5.41, 5.74) is 3.05. The molecule has 3 heteroatoms. The van der Waals surface area contributed by atoms with Crippen LogP contribution >= 0.6 is 11.8 Å². The predicted molar refractivity (Wildman–Crippen MR) is 87.2 cm³/mol. The van der Waals surface area contributed by atoms with Gasteiger partial charge < -0.3 is 4.42 Å². The zero-order valence-electron chi connectivity index (χ0n) is 12.1. The van der Waals surface area contributed by atoms with Crippen molar-refractivity contribution in [3.8, 4) is 0 Å². The average Bonchev–Trinajstić information content (AvgIpc) is 2.92. The van der Waals surface area contributed by atoms with Gasteiger partial charge in [0.05, 0.1) is 5.75 Å². The molecule has 0 saturated carbocycles. The van der Waals surface area contributed by atoms with Gasteiger partial charge in [-0.3, -0.25) is 4.79 Å². The zero-order chi connectivity index (χ0) is 14.8. The zero-order valence-corrected chi connectivity index (χ0v) is 12.9. The van der Waals surface area contributed by atoms with Crippen molar-refractivity contribution in [3.63, 3.8) is 0 Å². The van der Waals surface area contributed by atoms with E-state index in [2.05, 4.69) is 13.0 Å². The summed E-state index contributed by atoms with van der Waals surface area (Å²) in [6.07, 6.45) is 0. The lowest BCUT2D eigenvalue weighted by Gasteiger charge is -2.03. The number of hydrogen-bond donors (Lipinski definition) is 0. The second kappa shape index (κ2) is 5.78. The Morgan fingerprint density at radius 1 is 1.05 bits per heavy atom. The fourth-order valence-corrected chi connectivity index (χ4v) is 3.18. The Morgan fingerprint density at radius 2 is 1.81 bits per heavy atom. The molecule has 0 saturated heterocycles. The number of para-hydroxylation sites is 1. The van der Waals surface area contributed by atoms with Crippen molar-refractivity contribution in [2.24, 2.45) is 0 Å². The third-order valence-electron chi connectivity index (χ3n) is 3.47. The Hall–Kier alpha value is -2.00. The number of furan rings is 1. The molecule has 21 heavy (non-hydrogen) atoms. The quantitative estimate of drug-likeness (QED) is 0.500. The highest BCUT2D eigenvalue weighted by molar-refractivity contribution is 8.00. The highest BCUT2D eigenvalue weighted by atomic mass is 32.2. The molecule has 0 aliphatic rings. The van der Waals surface area contributed by atoms with Crippen LogP contribution in [0.2, 0.25) is 0 Å². The van der Waals surface area contributed by atoms with Gasteiger partial charge in [0.25, 0.3) is 0 Å². The Labute approximate surface area is 128 Å². The van der Waals surface area contributed by atoms with E-state index in [9.17, 15) is 4.79 Å². The maximum absolute atomic E-state index is 12.3. The van der Waals surface area contributed by atoms with Crippen molar-refractivity contribution in [1.82, 2.24) is 0 Å². The molecule has 0 bridgehead atoms. The first-order valence-electron chi connectivity index (χ1n) is 6.86. The Bertz CT molecular complexity index is 802. The van der Waals surface area contributed by atoms with E-state index in [-0.39, 0.29) is 5.78 Å². The van der Waals surface area contributed by atoms with Crippen LogP contribution in [0.1, 0.15) is 21.7 Å². The van der Waals surface area contributed by atoms with E-state index in [4.69, 9.17) is 4.42 Å². The molecule has 1 heterocycles. The van der Waals surface area contributed by atoms with Crippen molar-refractivity contribution >= 4 is 28.5 Å². The number of carbonyl (C=O) groups excluding carboxylic acids is 1. The van der Waals surface area contributed by atoms with Gasteiger partial charge in [0.1, 0.15) is 5.58 Å². The van der Waals surface area contributed by atoms with Gasteiger partial charge in [0.2, 0.25) is 5.78 Å². The smallest absolute Gasteiger partial charge is 0.208 e. The molecule has 0 aliphatic heterocycles. The van der Waals surface area contributed by atoms with Gasteiger partial charge in [-0.1, -0.05) is 36.4 Å². The number of thioether (sulfide) groups is 1. The second-order valence-corrected chi connectivity index (χ2v) is 6.10. The fraction of sp³-hybridized carbons (Fsp3) is 0.167. The first kappa shape index (κ1) is 14.0. The van der Waals surface area contributed by atoms with Crippen LogP contribution in [0, 0.1) is 13.8 Å². The van der Waals surface area contributed by atoms with E-state index in [0.29, 0.717) is 11.5 Å². The van der Waals surface area contributed by atoms with Crippen molar-refractivity contribution in [2.45, 2.75) is 18.7 Å². The molecule has 3 aromatic rings. The fourth-order valence-electron chi connectivity index (χ4n) is 2.28. The highest BCUT2D eigenvalue weighted by Gasteiger charge is 2.14. The highest BCUT2D eigenvalue weighted by Crippen LogP contribution is 2.26. The molecular weight excluding hydrogens is 280 g/mol.